The van der Waals surface area contributed by atoms with E-state index in [9.17, 15) is 0 Å². The minimum Gasteiger partial charge on any atom is -0.418 e. The normalized spacial score (nSPS) is 20.8. The van der Waals surface area contributed by atoms with Crippen LogP contribution in [0.4, 0.5) is 0 Å². The summed E-state index contributed by atoms with van der Waals surface area (Å²) >= 11 is 0. The van der Waals surface area contributed by atoms with Crippen LogP contribution in [-0.4, -0.2) is 14.9 Å². The summed E-state index contributed by atoms with van der Waals surface area (Å²) in [4.78, 5) is 0. The largest absolute Gasteiger partial charge is 0.418 e. The van der Waals surface area contributed by atoms with Gasteiger partial charge in [0.25, 0.3) is 0 Å². The first-order valence-electron chi connectivity index (χ1n) is 9.73. The topological polar surface area (TPSA) is 9.23 Å². The van der Waals surface area contributed by atoms with Crippen molar-refractivity contribution in [2.24, 2.45) is 0 Å². The Balaban J connectivity index is 1.57. The molecule has 4 rings (SSSR count). The number of fused-ring (bicyclic) bond motifs is 2. The average molecular weight is 361 g/mol. The highest BCUT2D eigenvalue weighted by Crippen LogP contribution is 2.50. The molecule has 2 aromatic rings. The average Bonchev–Trinajstić information content (AvgIpc) is 3.18. The van der Waals surface area contributed by atoms with Crippen molar-refractivity contribution in [3.8, 4) is 0 Å². The van der Waals surface area contributed by atoms with Gasteiger partial charge in [-0.15, -0.1) is 0 Å². The molecule has 0 radical (unpaired) electrons. The van der Waals surface area contributed by atoms with Crippen LogP contribution in [-0.2, 0) is 4.43 Å². The van der Waals surface area contributed by atoms with Crippen LogP contribution < -0.4 is 0 Å². The van der Waals surface area contributed by atoms with Crippen LogP contribution in [0.15, 0.2) is 60.2 Å². The Labute approximate surface area is 158 Å². The molecule has 2 heteroatoms. The fourth-order valence-electron chi connectivity index (χ4n) is 4.29. The van der Waals surface area contributed by atoms with Gasteiger partial charge in [0.05, 0.1) is 0 Å². The van der Waals surface area contributed by atoms with E-state index >= 15 is 0 Å². The molecule has 2 unspecified atom stereocenters. The predicted molar refractivity (Wildman–Crippen MR) is 114 cm³/mol. The number of rotatable bonds is 6. The van der Waals surface area contributed by atoms with Crippen LogP contribution in [0, 0.1) is 0 Å². The minimum atomic E-state index is -1.42. The molecule has 0 bridgehead atoms. The molecule has 0 N–H and O–H groups in total. The lowest BCUT2D eigenvalue weighted by Gasteiger charge is -2.24. The van der Waals surface area contributed by atoms with Crippen molar-refractivity contribution < 1.29 is 4.43 Å². The number of allylic oxidation sites excluding steroid dienone is 2. The van der Waals surface area contributed by atoms with Crippen LogP contribution in [0.25, 0.3) is 12.2 Å². The summed E-state index contributed by atoms with van der Waals surface area (Å²) in [6, 6.07) is 17.8. The fraction of sp³-hybridized carbons (Fsp3) is 0.333. The van der Waals surface area contributed by atoms with Crippen molar-refractivity contribution >= 4 is 20.5 Å². The van der Waals surface area contributed by atoms with E-state index in [4.69, 9.17) is 4.43 Å². The molecule has 2 aliphatic carbocycles. The van der Waals surface area contributed by atoms with Gasteiger partial charge in [0.2, 0.25) is 0 Å². The first-order chi connectivity index (χ1) is 12.5. The zero-order valence-corrected chi connectivity index (χ0v) is 17.0. The predicted octanol–water partition coefficient (Wildman–Crippen LogP) is 6.61. The van der Waals surface area contributed by atoms with Crippen molar-refractivity contribution in [2.75, 3.05) is 6.61 Å². The van der Waals surface area contributed by atoms with Gasteiger partial charge in [0, 0.05) is 18.4 Å². The monoisotopic (exact) mass is 360 g/mol. The minimum absolute atomic E-state index is 0.457. The van der Waals surface area contributed by atoms with Gasteiger partial charge in [0.1, 0.15) is 0 Å². The van der Waals surface area contributed by atoms with E-state index in [1.807, 2.05) is 0 Å². The molecular weight excluding hydrogens is 332 g/mol. The Kier molecular flexibility index (Phi) is 4.72. The Morgan fingerprint density at radius 3 is 2.35 bits per heavy atom. The quantitative estimate of drug-likeness (QED) is 0.416. The van der Waals surface area contributed by atoms with E-state index in [0.717, 1.165) is 19.4 Å². The molecule has 0 aromatic heterocycles. The Bertz CT molecular complexity index is 857. The molecule has 0 aliphatic heterocycles. The molecule has 0 saturated carbocycles. The molecule has 2 aliphatic rings. The van der Waals surface area contributed by atoms with Crippen LogP contribution in [0.3, 0.4) is 0 Å². The van der Waals surface area contributed by atoms with E-state index in [1.165, 1.54) is 22.3 Å². The molecule has 2 aromatic carbocycles. The highest BCUT2D eigenvalue weighted by atomic mass is 28.4. The Hall–Kier alpha value is -1.90. The lowest BCUT2D eigenvalue weighted by atomic mass is 9.79. The van der Waals surface area contributed by atoms with Gasteiger partial charge in [-0.25, -0.2) is 0 Å². The molecule has 134 valence electrons. The number of benzene rings is 2. The maximum atomic E-state index is 6.08. The summed E-state index contributed by atoms with van der Waals surface area (Å²) < 4.78 is 6.08. The van der Waals surface area contributed by atoms with Crippen molar-refractivity contribution in [1.29, 1.82) is 0 Å². The van der Waals surface area contributed by atoms with Crippen LogP contribution in [0.2, 0.25) is 19.6 Å². The molecule has 2 atom stereocenters. The lowest BCUT2D eigenvalue weighted by Crippen LogP contribution is -2.25. The van der Waals surface area contributed by atoms with Crippen molar-refractivity contribution in [3.05, 3.63) is 82.4 Å². The van der Waals surface area contributed by atoms with Gasteiger partial charge in [0.15, 0.2) is 8.32 Å². The summed E-state index contributed by atoms with van der Waals surface area (Å²) in [5, 5.41) is 0. The van der Waals surface area contributed by atoms with Crippen LogP contribution in [0.5, 0.6) is 0 Å². The second kappa shape index (κ2) is 7.01. The standard InChI is InChI=1S/C24H28OSi/c1-26(2,3)25-16-8-11-20-17-19-10-5-7-13-22(19)24(20)23-15-14-18-9-4-6-12-21(18)23/h4-7,9-10,12-15,17,23-24H,8,11,16H2,1-3H3. The maximum absolute atomic E-state index is 6.08. The second-order valence-corrected chi connectivity index (χ2v) is 12.9. The molecule has 0 saturated heterocycles. The van der Waals surface area contributed by atoms with Crippen LogP contribution in [0.1, 0.15) is 46.9 Å². The van der Waals surface area contributed by atoms with E-state index < -0.39 is 8.32 Å². The zero-order valence-electron chi connectivity index (χ0n) is 16.0. The zero-order chi connectivity index (χ0) is 18.1. The summed E-state index contributed by atoms with van der Waals surface area (Å²) in [5.74, 6) is 0.928. The first-order valence-corrected chi connectivity index (χ1v) is 13.1. The number of hydrogen-bond acceptors (Lipinski definition) is 1. The summed E-state index contributed by atoms with van der Waals surface area (Å²) in [6.07, 6.45) is 9.37. The highest BCUT2D eigenvalue weighted by molar-refractivity contribution is 6.69. The number of hydrogen-bond donors (Lipinski definition) is 0. The first kappa shape index (κ1) is 17.5. The Morgan fingerprint density at radius 1 is 0.885 bits per heavy atom. The molecular formula is C24H28OSi. The maximum Gasteiger partial charge on any atom is 0.183 e. The smallest absolute Gasteiger partial charge is 0.183 e. The van der Waals surface area contributed by atoms with Crippen LogP contribution >= 0.6 is 0 Å². The molecule has 26 heavy (non-hydrogen) atoms. The van der Waals surface area contributed by atoms with Gasteiger partial charge in [-0.1, -0.05) is 72.3 Å². The molecule has 0 spiro atoms. The van der Waals surface area contributed by atoms with Gasteiger partial charge in [-0.3, -0.25) is 0 Å². The molecule has 0 amide bonds. The fourth-order valence-corrected chi connectivity index (χ4v) is 5.05. The van der Waals surface area contributed by atoms with E-state index in [1.54, 1.807) is 5.57 Å². The van der Waals surface area contributed by atoms with Gasteiger partial charge >= 0.3 is 0 Å². The van der Waals surface area contributed by atoms with E-state index in [-0.39, 0.29) is 0 Å². The van der Waals surface area contributed by atoms with Crippen molar-refractivity contribution in [3.63, 3.8) is 0 Å². The third-order valence-electron chi connectivity index (χ3n) is 5.41. The summed E-state index contributed by atoms with van der Waals surface area (Å²) in [7, 11) is -1.42. The van der Waals surface area contributed by atoms with Gasteiger partial charge in [-0.05, 0) is 54.7 Å². The molecule has 0 fully saturated rings. The van der Waals surface area contributed by atoms with Crippen molar-refractivity contribution in [1.82, 2.24) is 0 Å². The SMILES string of the molecule is C[Si](C)(C)OCCCC1=Cc2ccccc2C1C1C=Cc2ccccc21. The third-order valence-corrected chi connectivity index (χ3v) is 6.48. The Morgan fingerprint density at radius 2 is 1.58 bits per heavy atom. The lowest BCUT2D eigenvalue weighted by molar-refractivity contribution is 0.304. The molecule has 1 nitrogen and oxygen atoms in total. The third kappa shape index (κ3) is 3.49. The molecule has 0 heterocycles. The van der Waals surface area contributed by atoms with Crippen molar-refractivity contribution in [2.45, 2.75) is 44.3 Å². The second-order valence-electron chi connectivity index (χ2n) is 8.40. The summed E-state index contributed by atoms with van der Waals surface area (Å²) in [5.41, 5.74) is 7.30. The van der Waals surface area contributed by atoms with E-state index in [2.05, 4.69) is 86.4 Å². The highest BCUT2D eigenvalue weighted by Gasteiger charge is 2.33. The van der Waals surface area contributed by atoms with E-state index in [0.29, 0.717) is 11.8 Å². The summed E-state index contributed by atoms with van der Waals surface area (Å²) in [6.45, 7) is 7.68. The van der Waals surface area contributed by atoms with Gasteiger partial charge < -0.3 is 4.43 Å². The van der Waals surface area contributed by atoms with Gasteiger partial charge in [-0.2, -0.15) is 0 Å².